The standard InChI is InChI=1S/C15H23FN2O4S/c1-5-18(6-2)23(20,21)14-9-12(7-8-13(14)16)15(19)17-11(3)10-22-4/h7-9,11H,5-6,10H2,1-4H3,(H,17,19). The van der Waals surface area contributed by atoms with Gasteiger partial charge in [-0.05, 0) is 25.1 Å². The van der Waals surface area contributed by atoms with Crippen molar-refractivity contribution in [3.8, 4) is 0 Å². The molecule has 1 N–H and O–H groups in total. The molecule has 1 amide bonds. The topological polar surface area (TPSA) is 75.7 Å². The van der Waals surface area contributed by atoms with E-state index in [1.165, 1.54) is 13.2 Å². The van der Waals surface area contributed by atoms with Gasteiger partial charge in [-0.1, -0.05) is 13.8 Å². The van der Waals surface area contributed by atoms with E-state index in [1.54, 1.807) is 20.8 Å². The molecule has 0 bridgehead atoms. The summed E-state index contributed by atoms with van der Waals surface area (Å²) in [6, 6.07) is 3.07. The SMILES string of the molecule is CCN(CC)S(=O)(=O)c1cc(C(=O)NC(C)COC)ccc1F. The van der Waals surface area contributed by atoms with E-state index in [1.807, 2.05) is 0 Å². The average Bonchev–Trinajstić information content (AvgIpc) is 2.48. The molecule has 1 rings (SSSR count). The molecule has 0 spiro atoms. The molecular formula is C15H23FN2O4S. The van der Waals surface area contributed by atoms with E-state index < -0.39 is 26.6 Å². The number of rotatable bonds is 8. The first-order valence-electron chi connectivity index (χ1n) is 7.37. The van der Waals surface area contributed by atoms with E-state index in [0.29, 0.717) is 6.61 Å². The first-order chi connectivity index (χ1) is 10.8. The van der Waals surface area contributed by atoms with Crippen LogP contribution in [0.25, 0.3) is 0 Å². The highest BCUT2D eigenvalue weighted by Gasteiger charge is 2.26. The maximum Gasteiger partial charge on any atom is 0.251 e. The van der Waals surface area contributed by atoms with Crippen molar-refractivity contribution in [1.29, 1.82) is 0 Å². The molecule has 0 aliphatic heterocycles. The van der Waals surface area contributed by atoms with Gasteiger partial charge in [-0.15, -0.1) is 0 Å². The molecular weight excluding hydrogens is 323 g/mol. The molecule has 0 fully saturated rings. The van der Waals surface area contributed by atoms with Gasteiger partial charge < -0.3 is 10.1 Å². The van der Waals surface area contributed by atoms with Crippen LogP contribution in [-0.2, 0) is 14.8 Å². The van der Waals surface area contributed by atoms with Crippen LogP contribution in [0, 0.1) is 5.82 Å². The second-order valence-electron chi connectivity index (χ2n) is 5.06. The molecule has 1 unspecified atom stereocenters. The summed E-state index contributed by atoms with van der Waals surface area (Å²) in [6.07, 6.45) is 0. The number of ether oxygens (including phenoxy) is 1. The molecule has 23 heavy (non-hydrogen) atoms. The number of hydrogen-bond acceptors (Lipinski definition) is 4. The second-order valence-corrected chi connectivity index (χ2v) is 6.97. The molecule has 0 aliphatic carbocycles. The maximum absolute atomic E-state index is 14.0. The highest BCUT2D eigenvalue weighted by atomic mass is 32.2. The largest absolute Gasteiger partial charge is 0.383 e. The number of hydrogen-bond donors (Lipinski definition) is 1. The van der Waals surface area contributed by atoms with E-state index >= 15 is 0 Å². The Kier molecular flexibility index (Phi) is 7.11. The number of nitrogens with zero attached hydrogens (tertiary/aromatic N) is 1. The first kappa shape index (κ1) is 19.5. The lowest BCUT2D eigenvalue weighted by atomic mass is 10.2. The lowest BCUT2D eigenvalue weighted by molar-refractivity contribution is 0.0905. The summed E-state index contributed by atoms with van der Waals surface area (Å²) < 4.78 is 44.9. The Hall–Kier alpha value is -1.51. The number of halogens is 1. The molecule has 0 radical (unpaired) electrons. The number of methoxy groups -OCH3 is 1. The molecule has 1 aromatic rings. The van der Waals surface area contributed by atoms with Gasteiger partial charge in [0, 0.05) is 31.8 Å². The van der Waals surface area contributed by atoms with Crippen LogP contribution in [-0.4, -0.2) is 51.5 Å². The zero-order valence-electron chi connectivity index (χ0n) is 13.8. The average molecular weight is 346 g/mol. The van der Waals surface area contributed by atoms with Crippen molar-refractivity contribution in [1.82, 2.24) is 9.62 Å². The fourth-order valence-electron chi connectivity index (χ4n) is 2.14. The number of benzene rings is 1. The molecule has 0 aromatic heterocycles. The molecule has 1 atom stereocenters. The minimum absolute atomic E-state index is 0.0834. The van der Waals surface area contributed by atoms with Gasteiger partial charge in [0.25, 0.3) is 5.91 Å². The van der Waals surface area contributed by atoms with E-state index in [0.717, 1.165) is 16.4 Å². The first-order valence-corrected chi connectivity index (χ1v) is 8.81. The Labute approximate surface area is 136 Å². The van der Waals surface area contributed by atoms with Gasteiger partial charge in [0.15, 0.2) is 0 Å². The minimum atomic E-state index is -3.97. The van der Waals surface area contributed by atoms with Crippen LogP contribution in [0.3, 0.4) is 0 Å². The zero-order valence-corrected chi connectivity index (χ0v) is 14.6. The second kappa shape index (κ2) is 8.37. The van der Waals surface area contributed by atoms with E-state index in [9.17, 15) is 17.6 Å². The van der Waals surface area contributed by atoms with Gasteiger partial charge in [0.1, 0.15) is 10.7 Å². The van der Waals surface area contributed by atoms with Crippen LogP contribution in [0.5, 0.6) is 0 Å². The summed E-state index contributed by atoms with van der Waals surface area (Å²) in [5, 5.41) is 2.66. The Morgan fingerprint density at radius 3 is 2.48 bits per heavy atom. The molecule has 0 saturated carbocycles. The highest BCUT2D eigenvalue weighted by Crippen LogP contribution is 2.20. The van der Waals surface area contributed by atoms with Crippen molar-refractivity contribution in [2.45, 2.75) is 31.7 Å². The van der Waals surface area contributed by atoms with Crippen LogP contribution in [0.4, 0.5) is 4.39 Å². The molecule has 6 nitrogen and oxygen atoms in total. The smallest absolute Gasteiger partial charge is 0.251 e. The third kappa shape index (κ3) is 4.73. The summed E-state index contributed by atoms with van der Waals surface area (Å²) in [5.74, 6) is -1.36. The summed E-state index contributed by atoms with van der Waals surface area (Å²) in [4.78, 5) is 11.6. The van der Waals surface area contributed by atoms with Crippen molar-refractivity contribution in [3.63, 3.8) is 0 Å². The summed E-state index contributed by atoms with van der Waals surface area (Å²) in [5.41, 5.74) is 0.0834. The van der Waals surface area contributed by atoms with Gasteiger partial charge in [-0.3, -0.25) is 4.79 Å². The predicted octanol–water partition coefficient (Wildman–Crippen LogP) is 1.62. The third-order valence-electron chi connectivity index (χ3n) is 3.31. The lowest BCUT2D eigenvalue weighted by Gasteiger charge is -2.19. The Balaban J connectivity index is 3.16. The Bertz CT molecular complexity index is 645. The van der Waals surface area contributed by atoms with Crippen molar-refractivity contribution < 1.29 is 22.3 Å². The molecule has 0 saturated heterocycles. The molecule has 130 valence electrons. The van der Waals surface area contributed by atoms with Gasteiger partial charge in [0.2, 0.25) is 10.0 Å². The van der Waals surface area contributed by atoms with Crippen LogP contribution in [0.15, 0.2) is 23.1 Å². The van der Waals surface area contributed by atoms with E-state index in [2.05, 4.69) is 5.32 Å². The van der Waals surface area contributed by atoms with Gasteiger partial charge in [-0.2, -0.15) is 4.31 Å². The summed E-state index contributed by atoms with van der Waals surface area (Å²) >= 11 is 0. The van der Waals surface area contributed by atoms with Gasteiger partial charge in [-0.25, -0.2) is 12.8 Å². The van der Waals surface area contributed by atoms with Crippen molar-refractivity contribution in [2.24, 2.45) is 0 Å². The lowest BCUT2D eigenvalue weighted by Crippen LogP contribution is -2.36. The fraction of sp³-hybridized carbons (Fsp3) is 0.533. The number of carbonyl (C=O) groups is 1. The van der Waals surface area contributed by atoms with Crippen molar-refractivity contribution in [2.75, 3.05) is 26.8 Å². The monoisotopic (exact) mass is 346 g/mol. The molecule has 0 heterocycles. The van der Waals surface area contributed by atoms with E-state index in [4.69, 9.17) is 4.74 Å². The Morgan fingerprint density at radius 1 is 1.35 bits per heavy atom. The van der Waals surface area contributed by atoms with Crippen LogP contribution in [0.1, 0.15) is 31.1 Å². The minimum Gasteiger partial charge on any atom is -0.383 e. The van der Waals surface area contributed by atoms with Crippen molar-refractivity contribution >= 4 is 15.9 Å². The highest BCUT2D eigenvalue weighted by molar-refractivity contribution is 7.89. The molecule has 0 aliphatic rings. The number of carbonyl (C=O) groups excluding carboxylic acids is 1. The predicted molar refractivity (Wildman–Crippen MR) is 85.3 cm³/mol. The fourth-order valence-corrected chi connectivity index (χ4v) is 3.69. The maximum atomic E-state index is 14.0. The van der Waals surface area contributed by atoms with Crippen molar-refractivity contribution in [3.05, 3.63) is 29.6 Å². The number of sulfonamides is 1. The van der Waals surface area contributed by atoms with Crippen LogP contribution < -0.4 is 5.32 Å². The van der Waals surface area contributed by atoms with Gasteiger partial charge >= 0.3 is 0 Å². The molecule has 1 aromatic carbocycles. The quantitative estimate of drug-likeness (QED) is 0.776. The number of amides is 1. The summed E-state index contributed by atoms with van der Waals surface area (Å²) in [6.45, 7) is 5.85. The zero-order chi connectivity index (χ0) is 17.6. The normalized spacial score (nSPS) is 13.1. The van der Waals surface area contributed by atoms with Gasteiger partial charge in [0.05, 0.1) is 6.61 Å². The molecule has 8 heteroatoms. The van der Waals surface area contributed by atoms with Crippen LogP contribution in [0.2, 0.25) is 0 Å². The third-order valence-corrected chi connectivity index (χ3v) is 5.38. The number of nitrogens with one attached hydrogen (secondary N) is 1. The van der Waals surface area contributed by atoms with Crippen LogP contribution >= 0.6 is 0 Å². The summed E-state index contributed by atoms with van der Waals surface area (Å²) in [7, 11) is -2.46. The Morgan fingerprint density at radius 2 is 1.96 bits per heavy atom. The van der Waals surface area contributed by atoms with E-state index in [-0.39, 0.29) is 24.7 Å².